The van der Waals surface area contributed by atoms with Gasteiger partial charge in [-0.3, -0.25) is 0 Å². The molecule has 16 nitrogen and oxygen atoms in total. The van der Waals surface area contributed by atoms with Gasteiger partial charge in [-0.2, -0.15) is 0 Å². The van der Waals surface area contributed by atoms with Gasteiger partial charge in [-0.05, 0) is 51.0 Å². The van der Waals surface area contributed by atoms with Gasteiger partial charge in [0.25, 0.3) is 36.0 Å². The molecule has 0 amide bonds. The normalized spacial score (nSPS) is 27.1. The molecule has 0 aliphatic carbocycles. The Morgan fingerprint density at radius 3 is 1.23 bits per heavy atom. The molecule has 16 heteroatoms. The molecule has 2 unspecified atom stereocenters. The van der Waals surface area contributed by atoms with Gasteiger partial charge in [-0.1, -0.05) is 49.3 Å². The van der Waals surface area contributed by atoms with Crippen molar-refractivity contribution in [2.45, 2.75) is 97.8 Å². The number of carbonyl (C=O) groups is 6. The van der Waals surface area contributed by atoms with Crippen molar-refractivity contribution in [3.63, 3.8) is 0 Å². The highest BCUT2D eigenvalue weighted by Crippen LogP contribution is 2.30. The molecule has 0 spiro atoms. The summed E-state index contributed by atoms with van der Waals surface area (Å²) in [5.74, 6) is -9.63. The van der Waals surface area contributed by atoms with Crippen LogP contribution in [0.1, 0.15) is 73.6 Å². The lowest BCUT2D eigenvalue weighted by Crippen LogP contribution is -2.44. The first-order chi connectivity index (χ1) is 25.0. The maximum absolute atomic E-state index is 12.6. The monoisotopic (exact) mass is 740 g/mol. The van der Waals surface area contributed by atoms with Crippen LogP contribution in [0.4, 0.5) is 0 Å². The number of carbonyl (C=O) groups excluding carboxylic acids is 6. The summed E-state index contributed by atoms with van der Waals surface area (Å²) in [7, 11) is 0. The van der Waals surface area contributed by atoms with Crippen molar-refractivity contribution < 1.29 is 76.9 Å². The molecule has 4 rings (SSSR count). The van der Waals surface area contributed by atoms with Crippen molar-refractivity contribution >= 4 is 35.8 Å². The highest BCUT2D eigenvalue weighted by molar-refractivity contribution is 6.16. The van der Waals surface area contributed by atoms with Gasteiger partial charge < -0.3 is 48.1 Å². The lowest BCUT2D eigenvalue weighted by Gasteiger charge is -2.33. The maximum atomic E-state index is 12.6. The van der Waals surface area contributed by atoms with Gasteiger partial charge in [0.2, 0.25) is 0 Å². The first-order valence-electron chi connectivity index (χ1n) is 16.6. The van der Waals surface area contributed by atoms with Gasteiger partial charge in [0.05, 0.1) is 6.42 Å². The van der Waals surface area contributed by atoms with E-state index >= 15 is 0 Å². The van der Waals surface area contributed by atoms with Crippen molar-refractivity contribution in [3.8, 4) is 0 Å². The fraction of sp³-hybridized carbons (Fsp3) is 0.405. The van der Waals surface area contributed by atoms with Crippen molar-refractivity contribution in [3.05, 3.63) is 93.9 Å². The summed E-state index contributed by atoms with van der Waals surface area (Å²) in [5, 5.41) is 20.8. The summed E-state index contributed by atoms with van der Waals surface area (Å²) in [5.41, 5.74) is -0.476. The molecule has 0 aromatic rings. The predicted molar refractivity (Wildman–Crippen MR) is 179 cm³/mol. The van der Waals surface area contributed by atoms with E-state index in [2.05, 4.69) is 0 Å². The predicted octanol–water partition coefficient (Wildman–Crippen LogP) is 4.81. The molecule has 2 fully saturated rings. The summed E-state index contributed by atoms with van der Waals surface area (Å²) in [4.78, 5) is 74.7. The minimum Gasteiger partial charge on any atom is -0.480 e. The molecule has 0 saturated carbocycles. The average molecular weight is 741 g/mol. The van der Waals surface area contributed by atoms with Crippen molar-refractivity contribution in [1.82, 2.24) is 0 Å². The number of cyclic esters (lactones) is 6. The number of ether oxygens (including phenoxy) is 8. The fourth-order valence-corrected chi connectivity index (χ4v) is 5.16. The van der Waals surface area contributed by atoms with Gasteiger partial charge >= 0.3 is 35.8 Å². The highest BCUT2D eigenvalue weighted by Gasteiger charge is 2.43. The van der Waals surface area contributed by atoms with E-state index in [1.165, 1.54) is 62.5 Å². The number of hydrogen-bond donors (Lipinski definition) is 2. The van der Waals surface area contributed by atoms with Crippen LogP contribution in [-0.2, 0) is 66.7 Å². The van der Waals surface area contributed by atoms with Crippen LogP contribution in [0.15, 0.2) is 93.9 Å². The van der Waals surface area contributed by atoms with E-state index in [1.54, 1.807) is 13.8 Å². The quantitative estimate of drug-likeness (QED) is 0.0902. The van der Waals surface area contributed by atoms with E-state index in [4.69, 9.17) is 37.9 Å². The van der Waals surface area contributed by atoms with E-state index in [1.807, 2.05) is 13.8 Å². The van der Waals surface area contributed by atoms with Crippen LogP contribution < -0.4 is 0 Å². The van der Waals surface area contributed by atoms with Crippen LogP contribution in [0.3, 0.4) is 0 Å². The van der Waals surface area contributed by atoms with E-state index in [0.717, 1.165) is 0 Å². The number of aliphatic hydroxyl groups is 2. The maximum Gasteiger partial charge on any atom is 0.348 e. The van der Waals surface area contributed by atoms with E-state index in [9.17, 15) is 39.0 Å². The third-order valence-corrected chi connectivity index (χ3v) is 7.82. The molecule has 284 valence electrons. The fourth-order valence-electron chi connectivity index (χ4n) is 5.16. The minimum absolute atomic E-state index is 0.319. The van der Waals surface area contributed by atoms with E-state index < -0.39 is 78.3 Å². The summed E-state index contributed by atoms with van der Waals surface area (Å²) in [6.45, 7) is 9.88. The summed E-state index contributed by atoms with van der Waals surface area (Å²) < 4.78 is 41.9. The Balaban J connectivity index is 1.34. The van der Waals surface area contributed by atoms with Crippen molar-refractivity contribution in [2.24, 2.45) is 0 Å². The zero-order valence-electron chi connectivity index (χ0n) is 29.9. The second-order valence-electron chi connectivity index (χ2n) is 12.6. The molecule has 4 heterocycles. The van der Waals surface area contributed by atoms with Gasteiger partial charge in [0.1, 0.15) is 22.3 Å². The lowest BCUT2D eigenvalue weighted by atomic mass is 10.1. The van der Waals surface area contributed by atoms with Crippen molar-refractivity contribution in [2.75, 3.05) is 0 Å². The van der Waals surface area contributed by atoms with Crippen LogP contribution in [0.5, 0.6) is 0 Å². The Bertz CT molecular complexity index is 1640. The largest absolute Gasteiger partial charge is 0.480 e. The second-order valence-corrected chi connectivity index (χ2v) is 12.6. The van der Waals surface area contributed by atoms with Crippen LogP contribution >= 0.6 is 0 Å². The van der Waals surface area contributed by atoms with Gasteiger partial charge in [-0.15, -0.1) is 0 Å². The highest BCUT2D eigenvalue weighted by atomic mass is 16.8. The molecule has 0 aromatic carbocycles. The van der Waals surface area contributed by atoms with Crippen molar-refractivity contribution in [1.29, 1.82) is 0 Å². The summed E-state index contributed by atoms with van der Waals surface area (Å²) in [6, 6.07) is 0. The average Bonchev–Trinajstić information content (AvgIpc) is 3.03. The Kier molecular flexibility index (Phi) is 12.4. The minimum atomic E-state index is -1.47. The molecule has 2 N–H and O–H groups in total. The summed E-state index contributed by atoms with van der Waals surface area (Å²) >= 11 is 0. The molecule has 2 atom stereocenters. The van der Waals surface area contributed by atoms with Gasteiger partial charge in [0.15, 0.2) is 0 Å². The Morgan fingerprint density at radius 1 is 0.585 bits per heavy atom. The van der Waals surface area contributed by atoms with E-state index in [0.29, 0.717) is 36.8 Å². The zero-order valence-corrected chi connectivity index (χ0v) is 29.9. The molecule has 4 aliphatic rings. The number of aliphatic hydroxyl groups excluding tert-OH is 2. The third-order valence-electron chi connectivity index (χ3n) is 7.82. The molecule has 2 saturated heterocycles. The van der Waals surface area contributed by atoms with Crippen LogP contribution in [0.2, 0.25) is 0 Å². The number of allylic oxidation sites excluding steroid dienone is 8. The molecular formula is C37H40O16. The topological polar surface area (TPSA) is 217 Å². The van der Waals surface area contributed by atoms with Crippen LogP contribution in [0, 0.1) is 0 Å². The van der Waals surface area contributed by atoms with E-state index in [-0.39, 0.29) is 22.3 Å². The Hall–Kier alpha value is -6.06. The molecule has 0 bridgehead atoms. The Morgan fingerprint density at radius 2 is 0.925 bits per heavy atom. The zero-order chi connectivity index (χ0) is 39.1. The van der Waals surface area contributed by atoms with Gasteiger partial charge in [0, 0.05) is 26.7 Å². The summed E-state index contributed by atoms with van der Waals surface area (Å²) in [6.07, 6.45) is 8.89. The molecule has 0 aromatic heterocycles. The first-order valence-corrected chi connectivity index (χ1v) is 16.6. The standard InChI is InChI=1S/C37H40O16/c1-7-17-36(5)50-32(42)24(33(43)51-36)15-11-20(3)9-13-22-28(38)46-26(47-29(22)39)19-27-48-30(40)23(31(41)49-27)14-10-21(4)12-16-25-34(44)52-37(6,18-8-2)53-35(25)45/h9-16,26-27,38,40H,7-8,17-19H2,1-6H3/b13-9+,14-10?,20-11+,21-12?,24-15?,25-16?. The molecular weight excluding hydrogens is 700 g/mol. The lowest BCUT2D eigenvalue weighted by molar-refractivity contribution is -0.232. The number of rotatable bonds is 12. The third kappa shape index (κ3) is 10.1. The molecule has 53 heavy (non-hydrogen) atoms. The van der Waals surface area contributed by atoms with Crippen LogP contribution in [-0.4, -0.2) is 70.2 Å². The number of hydrogen-bond acceptors (Lipinski definition) is 16. The first kappa shape index (κ1) is 39.7. The Labute approximate surface area is 304 Å². The van der Waals surface area contributed by atoms with Gasteiger partial charge in [-0.25, -0.2) is 28.8 Å². The van der Waals surface area contributed by atoms with Crippen LogP contribution in [0.25, 0.3) is 0 Å². The molecule has 0 radical (unpaired) electrons. The SMILES string of the molecule is CCCC1(C)OC(=O)C(=CC=C(C)C=CC2=C(O)OC(CC3OC(=O)C(/C=C/C(C)=C/C=C4C(=O)OC(C)(CCC)OC4=O)=C(O)O3)OC2=O)C(=O)O1. The smallest absolute Gasteiger partial charge is 0.348 e. The number of esters is 6. The second kappa shape index (κ2) is 16.5. The molecule has 4 aliphatic heterocycles.